The zero-order valence-corrected chi connectivity index (χ0v) is 17.0. The van der Waals surface area contributed by atoms with E-state index in [1.165, 1.54) is 12.1 Å². The molecule has 1 unspecified atom stereocenters. The number of rotatable bonds is 4. The van der Waals surface area contributed by atoms with E-state index < -0.39 is 0 Å². The minimum Gasteiger partial charge on any atom is -0.445 e. The molecule has 5 nitrogen and oxygen atoms in total. The molecule has 1 amide bonds. The highest BCUT2D eigenvalue weighted by Gasteiger charge is 2.29. The molecule has 0 radical (unpaired) electrons. The molecule has 0 saturated carbocycles. The summed E-state index contributed by atoms with van der Waals surface area (Å²) in [5, 5.41) is 1.02. The maximum absolute atomic E-state index is 13.1. The number of likely N-dealkylation sites (tertiary alicyclic amines) is 1. The molecule has 156 valence electrons. The van der Waals surface area contributed by atoms with E-state index in [0.29, 0.717) is 31.1 Å². The third-order valence-corrected chi connectivity index (χ3v) is 5.74. The number of pyridine rings is 1. The monoisotopic (exact) mass is 415 g/mol. The van der Waals surface area contributed by atoms with Gasteiger partial charge in [-0.15, -0.1) is 0 Å². The Kier molecular flexibility index (Phi) is 5.20. The van der Waals surface area contributed by atoms with Crippen LogP contribution < -0.4 is 0 Å². The molecule has 6 heteroatoms. The molecule has 4 aromatic rings. The molecule has 1 atom stereocenters. The van der Waals surface area contributed by atoms with Gasteiger partial charge in [0, 0.05) is 24.9 Å². The number of hydrogen-bond donors (Lipinski definition) is 0. The van der Waals surface area contributed by atoms with E-state index in [9.17, 15) is 9.18 Å². The molecule has 3 heterocycles. The molecule has 2 aromatic heterocycles. The van der Waals surface area contributed by atoms with Gasteiger partial charge in [-0.2, -0.15) is 0 Å². The van der Waals surface area contributed by atoms with Crippen LogP contribution in [-0.4, -0.2) is 33.9 Å². The number of aromatic nitrogens is 2. The third kappa shape index (κ3) is 4.19. The number of carbonyl (C=O) groups excluding carboxylic acids is 1. The summed E-state index contributed by atoms with van der Waals surface area (Å²) in [6.45, 7) is 1.26. The fraction of sp³-hybridized carbons (Fsp3) is 0.240. The zero-order valence-electron chi connectivity index (χ0n) is 17.0. The van der Waals surface area contributed by atoms with Crippen molar-refractivity contribution < 1.29 is 13.6 Å². The van der Waals surface area contributed by atoms with Crippen LogP contribution in [0, 0.1) is 5.82 Å². The molecule has 0 aliphatic carbocycles. The smallest absolute Gasteiger partial charge is 0.272 e. The van der Waals surface area contributed by atoms with Crippen molar-refractivity contribution in [2.45, 2.75) is 25.2 Å². The van der Waals surface area contributed by atoms with Crippen molar-refractivity contribution in [2.75, 3.05) is 13.1 Å². The number of carbonyl (C=O) groups is 1. The topological polar surface area (TPSA) is 59.2 Å². The molecule has 2 aromatic carbocycles. The van der Waals surface area contributed by atoms with Crippen molar-refractivity contribution in [3.05, 3.63) is 95.6 Å². The number of fused-ring (bicyclic) bond motifs is 1. The Hall–Kier alpha value is -3.54. The van der Waals surface area contributed by atoms with Crippen molar-refractivity contribution in [1.82, 2.24) is 14.9 Å². The van der Waals surface area contributed by atoms with Crippen LogP contribution in [0.15, 0.2) is 71.3 Å². The third-order valence-electron chi connectivity index (χ3n) is 5.74. The molecular formula is C25H22FN3O2. The molecule has 0 N–H and O–H groups in total. The van der Waals surface area contributed by atoms with Crippen molar-refractivity contribution in [3.63, 3.8) is 0 Å². The quantitative estimate of drug-likeness (QED) is 0.472. The van der Waals surface area contributed by atoms with Crippen molar-refractivity contribution >= 4 is 16.8 Å². The summed E-state index contributed by atoms with van der Waals surface area (Å²) in [5.41, 5.74) is 2.25. The first-order valence-electron chi connectivity index (χ1n) is 10.5. The van der Waals surface area contributed by atoms with E-state index in [1.807, 2.05) is 35.2 Å². The summed E-state index contributed by atoms with van der Waals surface area (Å²) in [6.07, 6.45) is 4.10. The Bertz CT molecular complexity index is 1220. The molecule has 1 saturated heterocycles. The van der Waals surface area contributed by atoms with Crippen LogP contribution in [-0.2, 0) is 6.42 Å². The number of amides is 1. The van der Waals surface area contributed by atoms with Gasteiger partial charge in [0.1, 0.15) is 17.3 Å². The number of para-hydroxylation sites is 1. The average Bonchev–Trinajstić information content (AvgIpc) is 3.28. The van der Waals surface area contributed by atoms with Gasteiger partial charge in [-0.25, -0.2) is 14.4 Å². The molecule has 1 aliphatic rings. The maximum Gasteiger partial charge on any atom is 0.272 e. The van der Waals surface area contributed by atoms with E-state index in [2.05, 4.69) is 9.97 Å². The van der Waals surface area contributed by atoms with Gasteiger partial charge in [-0.1, -0.05) is 36.4 Å². The second-order valence-corrected chi connectivity index (χ2v) is 7.95. The standard InChI is InChI=1S/C25H22FN3O2/c26-20-10-7-17(8-11-20)14-21-15-27-24(31-21)19-5-3-13-29(16-19)25(30)23-12-9-18-4-1-2-6-22(18)28-23/h1-2,4,6-12,15,19H,3,5,13-14,16H2. The van der Waals surface area contributed by atoms with Crippen LogP contribution >= 0.6 is 0 Å². The van der Waals surface area contributed by atoms with Gasteiger partial charge in [0.25, 0.3) is 5.91 Å². The van der Waals surface area contributed by atoms with Gasteiger partial charge in [0.15, 0.2) is 5.89 Å². The van der Waals surface area contributed by atoms with Gasteiger partial charge < -0.3 is 9.32 Å². The second kappa shape index (κ2) is 8.30. The molecule has 1 aliphatic heterocycles. The molecule has 31 heavy (non-hydrogen) atoms. The lowest BCUT2D eigenvalue weighted by Gasteiger charge is -2.31. The van der Waals surface area contributed by atoms with Gasteiger partial charge in [0.05, 0.1) is 17.6 Å². The van der Waals surface area contributed by atoms with E-state index in [-0.39, 0.29) is 17.6 Å². The summed E-state index contributed by atoms with van der Waals surface area (Å²) >= 11 is 0. The fourth-order valence-corrected chi connectivity index (χ4v) is 4.11. The first kappa shape index (κ1) is 19.4. The van der Waals surface area contributed by atoms with Crippen LogP contribution in [0.4, 0.5) is 4.39 Å². The summed E-state index contributed by atoms with van der Waals surface area (Å²) in [4.78, 5) is 23.9. The largest absolute Gasteiger partial charge is 0.445 e. The summed E-state index contributed by atoms with van der Waals surface area (Å²) < 4.78 is 19.1. The summed E-state index contributed by atoms with van der Waals surface area (Å²) in [7, 11) is 0. The Balaban J connectivity index is 1.29. The molecule has 5 rings (SSSR count). The predicted octanol–water partition coefficient (Wildman–Crippen LogP) is 4.97. The summed E-state index contributed by atoms with van der Waals surface area (Å²) in [6, 6.07) is 17.9. The minimum atomic E-state index is -0.255. The Morgan fingerprint density at radius 2 is 1.94 bits per heavy atom. The van der Waals surface area contributed by atoms with Crippen LogP contribution in [0.2, 0.25) is 0 Å². The van der Waals surface area contributed by atoms with E-state index in [1.54, 1.807) is 24.4 Å². The lowest BCUT2D eigenvalue weighted by atomic mass is 9.97. The number of benzene rings is 2. The number of hydrogen-bond acceptors (Lipinski definition) is 4. The average molecular weight is 415 g/mol. The molecule has 0 spiro atoms. The Morgan fingerprint density at radius 3 is 2.81 bits per heavy atom. The zero-order chi connectivity index (χ0) is 21.2. The number of nitrogens with zero attached hydrogens (tertiary/aromatic N) is 3. The predicted molar refractivity (Wildman–Crippen MR) is 115 cm³/mol. The Morgan fingerprint density at radius 1 is 1.10 bits per heavy atom. The SMILES string of the molecule is O=C(c1ccc2ccccc2n1)N1CCCC(c2ncc(Cc3ccc(F)cc3)o2)C1. The van der Waals surface area contributed by atoms with Gasteiger partial charge in [-0.3, -0.25) is 4.79 Å². The van der Waals surface area contributed by atoms with E-state index in [4.69, 9.17) is 4.42 Å². The Labute approximate surface area is 179 Å². The fourth-order valence-electron chi connectivity index (χ4n) is 4.11. The van der Waals surface area contributed by atoms with Crippen molar-refractivity contribution in [2.24, 2.45) is 0 Å². The van der Waals surface area contributed by atoms with Crippen molar-refractivity contribution in [1.29, 1.82) is 0 Å². The lowest BCUT2D eigenvalue weighted by molar-refractivity contribution is 0.0692. The second-order valence-electron chi connectivity index (χ2n) is 7.95. The summed E-state index contributed by atoms with van der Waals surface area (Å²) in [5.74, 6) is 1.13. The lowest BCUT2D eigenvalue weighted by Crippen LogP contribution is -2.39. The van der Waals surface area contributed by atoms with Gasteiger partial charge in [-0.05, 0) is 42.7 Å². The first-order valence-corrected chi connectivity index (χ1v) is 10.5. The van der Waals surface area contributed by atoms with Crippen LogP contribution in [0.5, 0.6) is 0 Å². The highest BCUT2D eigenvalue weighted by Crippen LogP contribution is 2.28. The van der Waals surface area contributed by atoms with Crippen LogP contribution in [0.3, 0.4) is 0 Å². The normalized spacial score (nSPS) is 16.5. The van der Waals surface area contributed by atoms with E-state index in [0.717, 1.165) is 35.1 Å². The van der Waals surface area contributed by atoms with Crippen LogP contribution in [0.25, 0.3) is 10.9 Å². The minimum absolute atomic E-state index is 0.0557. The highest BCUT2D eigenvalue weighted by atomic mass is 19.1. The molecule has 1 fully saturated rings. The molecular weight excluding hydrogens is 393 g/mol. The first-order chi connectivity index (χ1) is 15.2. The number of piperidine rings is 1. The highest BCUT2D eigenvalue weighted by molar-refractivity contribution is 5.95. The molecule has 0 bridgehead atoms. The number of halogens is 1. The van der Waals surface area contributed by atoms with Gasteiger partial charge in [0.2, 0.25) is 0 Å². The number of oxazole rings is 1. The van der Waals surface area contributed by atoms with Gasteiger partial charge >= 0.3 is 0 Å². The van der Waals surface area contributed by atoms with E-state index >= 15 is 0 Å². The van der Waals surface area contributed by atoms with Crippen molar-refractivity contribution in [3.8, 4) is 0 Å². The maximum atomic E-state index is 13.1. The van der Waals surface area contributed by atoms with Crippen LogP contribution in [0.1, 0.15) is 46.5 Å².